The summed E-state index contributed by atoms with van der Waals surface area (Å²) < 4.78 is 76.8. The number of benzene rings is 4. The van der Waals surface area contributed by atoms with Gasteiger partial charge in [-0.25, -0.2) is 0 Å². The summed E-state index contributed by atoms with van der Waals surface area (Å²) in [5.41, 5.74) is -7.96. The first-order valence-electron chi connectivity index (χ1n) is 36.8. The molecule has 10 rings (SSSR count). The molecule has 2 saturated heterocycles. The van der Waals surface area contributed by atoms with Gasteiger partial charge in [0.2, 0.25) is 23.4 Å². The Labute approximate surface area is 646 Å². The number of carbonyl (C=O) groups excluding carboxylic acids is 10. The van der Waals surface area contributed by atoms with Crippen LogP contribution in [-0.4, -0.2) is 316 Å². The highest BCUT2D eigenvalue weighted by atomic mass is 16.6. The number of ether oxygens (including phenoxy) is 14. The van der Waals surface area contributed by atoms with Gasteiger partial charge < -0.3 is 128 Å². The van der Waals surface area contributed by atoms with Crippen LogP contribution in [0.2, 0.25) is 0 Å². The molecule has 616 valence electrons. The Morgan fingerprint density at radius 3 is 1.10 bits per heavy atom. The smallest absolute Gasteiger partial charge is 0.317 e. The maximum absolute atomic E-state index is 14.1. The Morgan fingerprint density at radius 1 is 0.451 bits per heavy atom. The number of aliphatic hydroxyl groups excluding tert-OH is 4. The highest BCUT2D eigenvalue weighted by Gasteiger charge is 2.55. The SMILES string of the molecule is COc1cccc2c1C(=O)c1c(O)c3c(c(O)c1C2=O)C[C@@](O)(C(=O)CO)C[C@@H]3[C@@H]1C[C@H](NC(=O)COCCOCCOCCOCCOC(=O)CC(=O)OCCOCCOCCOCCOCC(=O)N[C@H]2C[C@@H]([C@H]3C[C@](O)(C(=O)CO)Cc4c(O)c5c(c(O)c43)C(=O)c3c(OC)cccc3C5=O)O[C@@H](C)[C@H]2O)[C@H](O)[C@H](C)O1. The van der Waals surface area contributed by atoms with E-state index in [1.807, 2.05) is 0 Å². The Kier molecular flexibility index (Phi) is 29.7. The molecule has 0 bridgehead atoms. The van der Waals surface area contributed by atoms with Gasteiger partial charge in [0.05, 0.1) is 177 Å². The van der Waals surface area contributed by atoms with E-state index in [4.69, 9.17) is 66.3 Å². The van der Waals surface area contributed by atoms with Crippen molar-refractivity contribution in [1.82, 2.24) is 10.6 Å². The summed E-state index contributed by atoms with van der Waals surface area (Å²) >= 11 is 0. The van der Waals surface area contributed by atoms with Crippen LogP contribution in [0.1, 0.15) is 144 Å². The average molecular weight is 1590 g/mol. The summed E-state index contributed by atoms with van der Waals surface area (Å²) in [4.78, 5) is 133. The van der Waals surface area contributed by atoms with Gasteiger partial charge in [-0.15, -0.1) is 0 Å². The van der Waals surface area contributed by atoms with E-state index in [0.717, 1.165) is 0 Å². The number of fused-ring (bicyclic) bond motifs is 6. The lowest BCUT2D eigenvalue weighted by molar-refractivity contribution is -0.157. The number of methoxy groups -OCH3 is 2. The van der Waals surface area contributed by atoms with E-state index in [9.17, 15) is 99.0 Å². The highest BCUT2D eigenvalue weighted by molar-refractivity contribution is 6.32. The van der Waals surface area contributed by atoms with Crippen LogP contribution in [0.25, 0.3) is 0 Å². The van der Waals surface area contributed by atoms with Crippen LogP contribution < -0.4 is 20.1 Å². The molecule has 4 aromatic carbocycles. The molecule has 4 aromatic rings. The van der Waals surface area contributed by atoms with Crippen molar-refractivity contribution >= 4 is 58.5 Å². The fourth-order valence-corrected chi connectivity index (χ4v) is 15.3. The lowest BCUT2D eigenvalue weighted by atomic mass is 9.66. The van der Waals surface area contributed by atoms with Crippen LogP contribution in [0.4, 0.5) is 0 Å². The number of hydrogen-bond donors (Lipinski definition) is 12. The van der Waals surface area contributed by atoms with Gasteiger partial charge in [-0.05, 0) is 51.7 Å². The minimum absolute atomic E-state index is 0.00833. The molecule has 36 heteroatoms. The standard InChI is InChI=1S/C77H94N2O34/c1-38-66(88)46(27-50(112-38)42-30-76(98,52(82)34-80)32-44-58(42)72(94)64-62(70(44)92)68(90)40-7-5-9-48(100-3)60(40)74(64)96)78-54(84)36-108-21-19-104-13-11-102-15-17-106-23-25-110-56(86)29-57(87)111-26-24-107-18-16-103-12-14-105-20-22-109-37-55(85)79-47-28-51(113-39(2)67(47)89)43-31-77(99,53(83)35-81)33-45-59(43)73(95)65-63(71(45)93)69(91)41-8-6-10-49(101-4)61(41)75(65)97/h5-10,38-39,42-43,46-47,50-51,66-67,80-81,88-89,92-95,98-99H,11-37H2,1-4H3,(H,78,84)(H,79,85)/t38-,39-,42+,43+,46-,47-,50-,51-,66+,67+,76+,77+/m0/s1. The first-order valence-corrected chi connectivity index (χ1v) is 36.8. The molecule has 4 aliphatic carbocycles. The lowest BCUT2D eigenvalue weighted by Crippen LogP contribution is -2.57. The first-order chi connectivity index (χ1) is 54.1. The maximum atomic E-state index is 14.1. The monoisotopic (exact) mass is 1590 g/mol. The van der Waals surface area contributed by atoms with Gasteiger partial charge in [0.15, 0.2) is 23.1 Å². The molecule has 0 aromatic heterocycles. The second-order valence-electron chi connectivity index (χ2n) is 27.9. The molecule has 0 unspecified atom stereocenters. The second kappa shape index (κ2) is 38.8. The van der Waals surface area contributed by atoms with Crippen LogP contribution in [0.3, 0.4) is 0 Å². The van der Waals surface area contributed by atoms with Gasteiger partial charge in [0.25, 0.3) is 0 Å². The Morgan fingerprint density at radius 2 is 0.770 bits per heavy atom. The number of amides is 2. The van der Waals surface area contributed by atoms with Crippen molar-refractivity contribution in [2.45, 2.75) is 131 Å². The lowest BCUT2D eigenvalue weighted by Gasteiger charge is -2.46. The van der Waals surface area contributed by atoms with Crippen LogP contribution in [-0.2, 0) is 98.5 Å². The molecule has 0 saturated carbocycles. The minimum atomic E-state index is -2.34. The summed E-state index contributed by atoms with van der Waals surface area (Å²) in [6, 6.07) is 6.53. The van der Waals surface area contributed by atoms with Crippen LogP contribution in [0.15, 0.2) is 36.4 Å². The molecule has 2 amide bonds. The van der Waals surface area contributed by atoms with Gasteiger partial charge in [-0.1, -0.05) is 24.3 Å². The summed E-state index contributed by atoms with van der Waals surface area (Å²) in [5, 5.41) is 119. The largest absolute Gasteiger partial charge is 0.507 e. The van der Waals surface area contributed by atoms with E-state index >= 15 is 0 Å². The molecule has 0 spiro atoms. The highest BCUT2D eigenvalue weighted by Crippen LogP contribution is 2.56. The number of carbonyl (C=O) groups is 10. The molecular weight excluding hydrogens is 1500 g/mol. The number of aromatic hydroxyl groups is 4. The second-order valence-corrected chi connectivity index (χ2v) is 27.9. The molecule has 2 aliphatic heterocycles. The molecule has 2 fully saturated rings. The topological polar surface area (TPSA) is 526 Å². The number of rotatable bonds is 40. The van der Waals surface area contributed by atoms with Crippen molar-refractivity contribution in [1.29, 1.82) is 0 Å². The number of nitrogens with one attached hydrogen (secondary N) is 2. The average Bonchev–Trinajstić information content (AvgIpc) is 0.712. The zero-order chi connectivity index (χ0) is 81.6. The quantitative estimate of drug-likeness (QED) is 0.00958. The molecule has 36 nitrogen and oxygen atoms in total. The molecule has 0 radical (unpaired) electrons. The molecule has 6 aliphatic rings. The minimum Gasteiger partial charge on any atom is -0.507 e. The van der Waals surface area contributed by atoms with E-state index in [1.165, 1.54) is 64.5 Å². The first kappa shape index (κ1) is 86.3. The molecule has 12 atom stereocenters. The number of phenols is 4. The fourth-order valence-electron chi connectivity index (χ4n) is 15.3. The third-order valence-electron chi connectivity index (χ3n) is 20.7. The summed E-state index contributed by atoms with van der Waals surface area (Å²) in [6.07, 6.45) is -9.99. The third kappa shape index (κ3) is 19.3. The van der Waals surface area contributed by atoms with Crippen LogP contribution >= 0.6 is 0 Å². The molecular formula is C77H94N2O34. The van der Waals surface area contributed by atoms with Crippen molar-refractivity contribution < 1.29 is 165 Å². The number of ketones is 6. The summed E-state index contributed by atoms with van der Waals surface area (Å²) in [6.45, 7) is 1.12. The Balaban J connectivity index is 0.526. The van der Waals surface area contributed by atoms with E-state index in [0.29, 0.717) is 0 Å². The van der Waals surface area contributed by atoms with Crippen molar-refractivity contribution in [3.63, 3.8) is 0 Å². The number of esters is 2. The number of hydrogen-bond acceptors (Lipinski definition) is 34. The Bertz CT molecular complexity index is 3940. The Hall–Kier alpha value is -9.06. The fraction of sp³-hybridized carbons (Fsp3) is 0.558. The van der Waals surface area contributed by atoms with E-state index in [2.05, 4.69) is 10.6 Å². The van der Waals surface area contributed by atoms with E-state index < -0.39 is 234 Å². The maximum Gasteiger partial charge on any atom is 0.317 e. The van der Waals surface area contributed by atoms with Crippen molar-refractivity contribution in [3.8, 4) is 34.5 Å². The van der Waals surface area contributed by atoms with E-state index in [1.54, 1.807) is 0 Å². The molecule has 2 heterocycles. The zero-order valence-corrected chi connectivity index (χ0v) is 62.6. The summed E-state index contributed by atoms with van der Waals surface area (Å²) in [7, 11) is 2.59. The van der Waals surface area contributed by atoms with Gasteiger partial charge in [0, 0.05) is 58.1 Å². The van der Waals surface area contributed by atoms with Crippen molar-refractivity contribution in [2.24, 2.45) is 0 Å². The predicted octanol–water partition coefficient (Wildman–Crippen LogP) is -0.923. The van der Waals surface area contributed by atoms with Gasteiger partial charge in [-0.2, -0.15) is 0 Å². The number of Topliss-reactive ketones (excluding diaryl/α,β-unsaturated/α-hetero) is 2. The zero-order valence-electron chi connectivity index (χ0n) is 62.6. The van der Waals surface area contributed by atoms with Crippen LogP contribution in [0.5, 0.6) is 34.5 Å². The summed E-state index contributed by atoms with van der Waals surface area (Å²) in [5.74, 6) is -13.5. The van der Waals surface area contributed by atoms with Crippen LogP contribution in [0, 0.1) is 0 Å². The van der Waals surface area contributed by atoms with Crippen molar-refractivity contribution in [3.05, 3.63) is 103 Å². The number of phenolic OH excluding ortho intramolecular Hbond substituents is 4. The number of aliphatic hydroxyl groups is 6. The van der Waals surface area contributed by atoms with Gasteiger partial charge >= 0.3 is 11.9 Å². The predicted molar refractivity (Wildman–Crippen MR) is 382 cm³/mol. The normalized spacial score (nSPS) is 24.2. The molecule has 113 heavy (non-hydrogen) atoms. The molecule has 12 N–H and O–H groups in total. The van der Waals surface area contributed by atoms with Gasteiger partial charge in [0.1, 0.15) is 104 Å². The van der Waals surface area contributed by atoms with Crippen molar-refractivity contribution in [2.75, 3.05) is 146 Å². The van der Waals surface area contributed by atoms with E-state index in [-0.39, 0.29) is 175 Å². The third-order valence-corrected chi connectivity index (χ3v) is 20.7. The van der Waals surface area contributed by atoms with Gasteiger partial charge in [-0.3, -0.25) is 47.9 Å².